The smallest absolute Gasteiger partial charge is 0.123 e. The van der Waals surface area contributed by atoms with Gasteiger partial charge in [0.1, 0.15) is 5.75 Å². The summed E-state index contributed by atoms with van der Waals surface area (Å²) in [5.41, 5.74) is 1.03. The van der Waals surface area contributed by atoms with Gasteiger partial charge in [0.25, 0.3) is 0 Å². The molecule has 0 aliphatic carbocycles. The van der Waals surface area contributed by atoms with Crippen LogP contribution in [0.5, 0.6) is 5.75 Å². The van der Waals surface area contributed by atoms with Gasteiger partial charge >= 0.3 is 0 Å². The molecule has 2 rings (SSSR count). The highest BCUT2D eigenvalue weighted by Gasteiger charge is 2.10. The largest absolute Gasteiger partial charge is 0.496 e. The third-order valence-corrected chi connectivity index (χ3v) is 3.23. The summed E-state index contributed by atoms with van der Waals surface area (Å²) < 4.78 is 5.39. The zero-order valence-corrected chi connectivity index (χ0v) is 11.0. The number of nitrogens with one attached hydrogen (secondary N) is 1. The van der Waals surface area contributed by atoms with Crippen LogP contribution in [-0.2, 0) is 6.54 Å². The molecule has 0 fully saturated rings. The molecule has 19 heavy (non-hydrogen) atoms. The molecule has 0 bridgehead atoms. The molecule has 2 aromatic rings. The van der Waals surface area contributed by atoms with Crippen molar-refractivity contribution in [3.63, 3.8) is 0 Å². The normalized spacial score (nSPS) is 11.2. The van der Waals surface area contributed by atoms with Crippen molar-refractivity contribution in [3.05, 3.63) is 42.0 Å². The number of aliphatic hydroxyl groups excluding tert-OH is 2. The molecule has 0 aromatic heterocycles. The molecular weight excluding hydrogens is 242 g/mol. The first-order valence-electron chi connectivity index (χ1n) is 6.30. The predicted octanol–water partition coefficient (Wildman–Crippen LogP) is 1.29. The van der Waals surface area contributed by atoms with Crippen LogP contribution in [0.25, 0.3) is 10.8 Å². The molecule has 0 saturated heterocycles. The minimum atomic E-state index is -0.316. The molecule has 4 heteroatoms. The monoisotopic (exact) mass is 261 g/mol. The highest BCUT2D eigenvalue weighted by molar-refractivity contribution is 5.87. The van der Waals surface area contributed by atoms with E-state index >= 15 is 0 Å². The zero-order valence-electron chi connectivity index (χ0n) is 11.0. The SMILES string of the molecule is COc1ccc2ccccc2c1CNC(CO)CO. The Balaban J connectivity index is 2.33. The average Bonchev–Trinajstić information content (AvgIpc) is 2.48. The van der Waals surface area contributed by atoms with Crippen LogP contribution in [0.4, 0.5) is 0 Å². The van der Waals surface area contributed by atoms with Gasteiger partial charge in [-0.25, -0.2) is 0 Å². The Kier molecular flexibility index (Phi) is 4.74. The molecule has 3 N–H and O–H groups in total. The van der Waals surface area contributed by atoms with Crippen LogP contribution in [0.3, 0.4) is 0 Å². The van der Waals surface area contributed by atoms with Crippen molar-refractivity contribution >= 4 is 10.8 Å². The predicted molar refractivity (Wildman–Crippen MR) is 75.3 cm³/mol. The minimum Gasteiger partial charge on any atom is -0.496 e. The highest BCUT2D eigenvalue weighted by atomic mass is 16.5. The quantitative estimate of drug-likeness (QED) is 0.733. The van der Waals surface area contributed by atoms with Gasteiger partial charge in [-0.15, -0.1) is 0 Å². The molecule has 4 nitrogen and oxygen atoms in total. The Bertz CT molecular complexity index is 538. The fourth-order valence-corrected chi connectivity index (χ4v) is 2.12. The number of methoxy groups -OCH3 is 1. The number of rotatable bonds is 6. The summed E-state index contributed by atoms with van der Waals surface area (Å²) in [6.07, 6.45) is 0. The molecule has 0 saturated carbocycles. The first kappa shape index (κ1) is 13.8. The third kappa shape index (κ3) is 3.04. The van der Waals surface area contributed by atoms with E-state index in [0.717, 1.165) is 22.1 Å². The second kappa shape index (κ2) is 6.52. The molecule has 0 aliphatic rings. The van der Waals surface area contributed by atoms with Crippen molar-refractivity contribution in [1.82, 2.24) is 5.32 Å². The summed E-state index contributed by atoms with van der Waals surface area (Å²) in [4.78, 5) is 0. The lowest BCUT2D eigenvalue weighted by Gasteiger charge is -2.16. The molecule has 0 unspecified atom stereocenters. The summed E-state index contributed by atoms with van der Waals surface area (Å²) in [5, 5.41) is 23.6. The average molecular weight is 261 g/mol. The van der Waals surface area contributed by atoms with Gasteiger partial charge in [0.2, 0.25) is 0 Å². The van der Waals surface area contributed by atoms with E-state index in [9.17, 15) is 0 Å². The summed E-state index contributed by atoms with van der Waals surface area (Å²) in [7, 11) is 1.64. The number of hydrogen-bond acceptors (Lipinski definition) is 4. The van der Waals surface area contributed by atoms with E-state index in [1.165, 1.54) is 0 Å². The van der Waals surface area contributed by atoms with Crippen LogP contribution >= 0.6 is 0 Å². The highest BCUT2D eigenvalue weighted by Crippen LogP contribution is 2.27. The van der Waals surface area contributed by atoms with E-state index in [2.05, 4.69) is 5.32 Å². The van der Waals surface area contributed by atoms with E-state index in [-0.39, 0.29) is 19.3 Å². The molecule has 2 aromatic carbocycles. The number of hydrogen-bond donors (Lipinski definition) is 3. The van der Waals surface area contributed by atoms with E-state index in [4.69, 9.17) is 14.9 Å². The molecule has 0 atom stereocenters. The van der Waals surface area contributed by atoms with E-state index < -0.39 is 0 Å². The second-order valence-electron chi connectivity index (χ2n) is 4.41. The van der Waals surface area contributed by atoms with Crippen LogP contribution in [0.2, 0.25) is 0 Å². The van der Waals surface area contributed by atoms with Crippen molar-refractivity contribution in [2.24, 2.45) is 0 Å². The summed E-state index contributed by atoms with van der Waals surface area (Å²) in [6.45, 7) is 0.351. The van der Waals surface area contributed by atoms with Crippen molar-refractivity contribution in [2.45, 2.75) is 12.6 Å². The zero-order chi connectivity index (χ0) is 13.7. The maximum Gasteiger partial charge on any atom is 0.123 e. The Hall–Kier alpha value is -1.62. The topological polar surface area (TPSA) is 61.7 Å². The lowest BCUT2D eigenvalue weighted by atomic mass is 10.0. The summed E-state index contributed by atoms with van der Waals surface area (Å²) in [6, 6.07) is 11.7. The van der Waals surface area contributed by atoms with Crippen molar-refractivity contribution < 1.29 is 14.9 Å². The van der Waals surface area contributed by atoms with Crippen molar-refractivity contribution in [3.8, 4) is 5.75 Å². The molecular formula is C15H19NO3. The van der Waals surface area contributed by atoms with Gasteiger partial charge in [0, 0.05) is 12.1 Å². The van der Waals surface area contributed by atoms with Crippen molar-refractivity contribution in [1.29, 1.82) is 0 Å². The van der Waals surface area contributed by atoms with Crippen LogP contribution < -0.4 is 10.1 Å². The van der Waals surface area contributed by atoms with Crippen LogP contribution in [0.1, 0.15) is 5.56 Å². The fourth-order valence-electron chi connectivity index (χ4n) is 2.12. The summed E-state index contributed by atoms with van der Waals surface area (Å²) >= 11 is 0. The third-order valence-electron chi connectivity index (χ3n) is 3.23. The molecule has 0 amide bonds. The number of benzene rings is 2. The van der Waals surface area contributed by atoms with E-state index in [1.54, 1.807) is 7.11 Å². The van der Waals surface area contributed by atoms with Crippen LogP contribution in [-0.4, -0.2) is 36.6 Å². The Morgan fingerprint density at radius 1 is 1.11 bits per heavy atom. The first-order valence-corrected chi connectivity index (χ1v) is 6.30. The van der Waals surface area contributed by atoms with Gasteiger partial charge in [0.15, 0.2) is 0 Å². The number of ether oxygens (including phenoxy) is 1. The number of aliphatic hydroxyl groups is 2. The van der Waals surface area contributed by atoms with E-state index in [0.29, 0.717) is 6.54 Å². The standard InChI is InChI=1S/C15H19NO3/c1-19-15-7-6-11-4-2-3-5-13(11)14(15)8-16-12(9-17)10-18/h2-7,12,16-18H,8-10H2,1H3. The molecule has 0 spiro atoms. The molecule has 0 heterocycles. The molecule has 0 radical (unpaired) electrons. The fraction of sp³-hybridized carbons (Fsp3) is 0.333. The Morgan fingerprint density at radius 2 is 1.84 bits per heavy atom. The lowest BCUT2D eigenvalue weighted by Crippen LogP contribution is -2.35. The van der Waals surface area contributed by atoms with Gasteiger partial charge in [-0.05, 0) is 16.8 Å². The lowest BCUT2D eigenvalue weighted by molar-refractivity contribution is 0.170. The summed E-state index contributed by atoms with van der Waals surface area (Å²) in [5.74, 6) is 0.806. The van der Waals surface area contributed by atoms with Gasteiger partial charge in [-0.2, -0.15) is 0 Å². The van der Waals surface area contributed by atoms with Gasteiger partial charge in [0.05, 0.1) is 26.4 Å². The number of fused-ring (bicyclic) bond motifs is 1. The van der Waals surface area contributed by atoms with Gasteiger partial charge < -0.3 is 20.3 Å². The van der Waals surface area contributed by atoms with Crippen LogP contribution in [0, 0.1) is 0 Å². The molecule has 0 aliphatic heterocycles. The van der Waals surface area contributed by atoms with E-state index in [1.807, 2.05) is 36.4 Å². The first-order chi connectivity index (χ1) is 9.30. The Labute approximate surface area is 112 Å². The van der Waals surface area contributed by atoms with Crippen molar-refractivity contribution in [2.75, 3.05) is 20.3 Å². The maximum atomic E-state index is 9.09. The Morgan fingerprint density at radius 3 is 2.53 bits per heavy atom. The van der Waals surface area contributed by atoms with Gasteiger partial charge in [-0.1, -0.05) is 30.3 Å². The maximum absolute atomic E-state index is 9.09. The second-order valence-corrected chi connectivity index (χ2v) is 4.41. The van der Waals surface area contributed by atoms with Crippen LogP contribution in [0.15, 0.2) is 36.4 Å². The molecule has 102 valence electrons. The van der Waals surface area contributed by atoms with Gasteiger partial charge in [-0.3, -0.25) is 0 Å². The minimum absolute atomic E-state index is 0.0937.